The molecule has 1 saturated heterocycles. The number of epoxide rings is 1. The topological polar surface area (TPSA) is 12.5 Å². The van der Waals surface area contributed by atoms with Crippen molar-refractivity contribution in [2.75, 3.05) is 6.61 Å². The molecule has 0 spiro atoms. The van der Waals surface area contributed by atoms with Crippen molar-refractivity contribution in [1.82, 2.24) is 0 Å². The molecule has 35 heavy (non-hydrogen) atoms. The third-order valence-electron chi connectivity index (χ3n) is 6.04. The molecule has 174 valence electrons. The van der Waals surface area contributed by atoms with Gasteiger partial charge in [-0.25, -0.2) is 17.6 Å². The second kappa shape index (κ2) is 9.35. The monoisotopic (exact) mass is 472 g/mol. The van der Waals surface area contributed by atoms with Gasteiger partial charge in [0.2, 0.25) is 0 Å². The summed E-state index contributed by atoms with van der Waals surface area (Å²) in [5.41, 5.74) is 3.30. The first-order valence-electron chi connectivity index (χ1n) is 11.0. The van der Waals surface area contributed by atoms with Gasteiger partial charge in [0.1, 0.15) is 6.10 Å². The van der Waals surface area contributed by atoms with E-state index >= 15 is 0 Å². The molecule has 0 amide bonds. The zero-order valence-electron chi connectivity index (χ0n) is 18.6. The highest BCUT2D eigenvalue weighted by Crippen LogP contribution is 2.36. The molecule has 1 unspecified atom stereocenters. The summed E-state index contributed by atoms with van der Waals surface area (Å²) < 4.78 is 63.4. The van der Waals surface area contributed by atoms with E-state index in [1.807, 2.05) is 0 Å². The van der Waals surface area contributed by atoms with Crippen LogP contribution in [0.3, 0.4) is 0 Å². The minimum atomic E-state index is -0.944. The first kappa shape index (κ1) is 22.8. The molecular formula is C30H20F4O. The Morgan fingerprint density at radius 3 is 1.74 bits per heavy atom. The van der Waals surface area contributed by atoms with Gasteiger partial charge in [-0.3, -0.25) is 0 Å². The predicted octanol–water partition coefficient (Wildman–Crippen LogP) is 8.46. The normalized spacial score (nSPS) is 14.9. The second-order valence-electron chi connectivity index (χ2n) is 8.26. The lowest BCUT2D eigenvalue weighted by Crippen LogP contribution is -1.96. The first-order chi connectivity index (χ1) is 17.0. The van der Waals surface area contributed by atoms with Crippen molar-refractivity contribution in [3.63, 3.8) is 0 Å². The molecule has 0 radical (unpaired) electrons. The highest BCUT2D eigenvalue weighted by molar-refractivity contribution is 5.75. The van der Waals surface area contributed by atoms with E-state index in [2.05, 4.69) is 6.58 Å². The number of ether oxygens (including phenoxy) is 1. The lowest BCUT2D eigenvalue weighted by molar-refractivity contribution is 0.401. The summed E-state index contributed by atoms with van der Waals surface area (Å²) in [7, 11) is 0. The largest absolute Gasteiger partial charge is 0.368 e. The fraction of sp³-hybridized carbons (Fsp3) is 0.0667. The van der Waals surface area contributed by atoms with E-state index in [4.69, 9.17) is 4.74 Å². The Balaban J connectivity index is 1.36. The fourth-order valence-corrected chi connectivity index (χ4v) is 3.94. The van der Waals surface area contributed by atoms with Gasteiger partial charge in [-0.05, 0) is 22.3 Å². The number of rotatable bonds is 6. The maximum Gasteiger partial charge on any atom is 0.167 e. The van der Waals surface area contributed by atoms with Crippen LogP contribution in [0.25, 0.3) is 40.5 Å². The van der Waals surface area contributed by atoms with Crippen LogP contribution in [0.4, 0.5) is 17.6 Å². The van der Waals surface area contributed by atoms with Crippen LogP contribution in [-0.2, 0) is 4.74 Å². The summed E-state index contributed by atoms with van der Waals surface area (Å²) in [5.74, 6) is -3.68. The van der Waals surface area contributed by atoms with E-state index in [9.17, 15) is 17.6 Å². The average molecular weight is 472 g/mol. The van der Waals surface area contributed by atoms with Crippen molar-refractivity contribution in [2.45, 2.75) is 6.10 Å². The van der Waals surface area contributed by atoms with Gasteiger partial charge in [-0.1, -0.05) is 97.6 Å². The SMILES string of the molecule is C=Cc1ccc(-c2ccc(/C=C/c3ccc(-c4ccc(C5CO5)c(F)c4F)cc3)c(F)c2F)cc1. The van der Waals surface area contributed by atoms with Crippen molar-refractivity contribution in [3.05, 3.63) is 125 Å². The van der Waals surface area contributed by atoms with E-state index in [0.717, 1.165) is 5.56 Å². The molecule has 1 aliphatic rings. The third-order valence-corrected chi connectivity index (χ3v) is 6.04. The molecule has 0 N–H and O–H groups in total. The summed E-state index contributed by atoms with van der Waals surface area (Å²) in [4.78, 5) is 0. The van der Waals surface area contributed by atoms with Crippen molar-refractivity contribution in [3.8, 4) is 22.3 Å². The Morgan fingerprint density at radius 2 is 1.17 bits per heavy atom. The van der Waals surface area contributed by atoms with Crippen molar-refractivity contribution >= 4 is 18.2 Å². The first-order valence-corrected chi connectivity index (χ1v) is 11.0. The lowest BCUT2D eigenvalue weighted by Gasteiger charge is -2.08. The Bertz CT molecular complexity index is 1430. The molecule has 1 nitrogen and oxygen atoms in total. The summed E-state index contributed by atoms with van der Waals surface area (Å²) in [6.45, 7) is 4.08. The van der Waals surface area contributed by atoms with Crippen LogP contribution >= 0.6 is 0 Å². The number of benzene rings is 4. The molecule has 1 heterocycles. The van der Waals surface area contributed by atoms with Crippen molar-refractivity contribution in [2.24, 2.45) is 0 Å². The van der Waals surface area contributed by atoms with Crippen LogP contribution in [0, 0.1) is 23.3 Å². The highest BCUT2D eigenvalue weighted by atomic mass is 19.2. The molecule has 1 fully saturated rings. The molecule has 0 aliphatic carbocycles. The van der Waals surface area contributed by atoms with Gasteiger partial charge >= 0.3 is 0 Å². The van der Waals surface area contributed by atoms with Gasteiger partial charge in [0.05, 0.1) is 6.61 Å². The van der Waals surface area contributed by atoms with E-state index in [0.29, 0.717) is 23.3 Å². The second-order valence-corrected chi connectivity index (χ2v) is 8.26. The molecule has 5 heteroatoms. The Hall–Kier alpha value is -3.96. The zero-order valence-corrected chi connectivity index (χ0v) is 18.6. The minimum absolute atomic E-state index is 0.101. The van der Waals surface area contributed by atoms with Gasteiger partial charge in [-0.2, -0.15) is 0 Å². The average Bonchev–Trinajstić information content (AvgIpc) is 3.72. The molecule has 0 bridgehead atoms. The predicted molar refractivity (Wildman–Crippen MR) is 131 cm³/mol. The van der Waals surface area contributed by atoms with Crippen molar-refractivity contribution < 1.29 is 22.3 Å². The molecule has 4 aromatic rings. The molecule has 1 atom stereocenters. The summed E-state index contributed by atoms with van der Waals surface area (Å²) >= 11 is 0. The molecule has 5 rings (SSSR count). The van der Waals surface area contributed by atoms with Crippen LogP contribution in [0.5, 0.6) is 0 Å². The Kier molecular flexibility index (Phi) is 6.10. The van der Waals surface area contributed by atoms with Gasteiger partial charge in [0.15, 0.2) is 23.3 Å². The standard InChI is InChI=1S/C30H20F4O/c1-2-18-3-8-20(9-4-18)23-14-13-22(27(31)28(23)32)12-7-19-5-10-21(11-6-19)24-15-16-25(26-17-35-26)30(34)29(24)33/h2-16,26H,1,17H2/b12-7+. The third kappa shape index (κ3) is 4.55. The van der Waals surface area contributed by atoms with Crippen LogP contribution in [0.1, 0.15) is 28.4 Å². The zero-order chi connectivity index (χ0) is 24.5. The molecule has 1 aliphatic heterocycles. The number of halogens is 4. The highest BCUT2D eigenvalue weighted by Gasteiger charge is 2.30. The van der Waals surface area contributed by atoms with E-state index < -0.39 is 23.3 Å². The summed E-state index contributed by atoms with van der Waals surface area (Å²) in [5, 5.41) is 0. The molecule has 0 aromatic heterocycles. The van der Waals surface area contributed by atoms with Gasteiger partial charge in [0.25, 0.3) is 0 Å². The molecule has 0 saturated carbocycles. The van der Waals surface area contributed by atoms with Crippen molar-refractivity contribution in [1.29, 1.82) is 0 Å². The fourth-order valence-electron chi connectivity index (χ4n) is 3.94. The maximum absolute atomic E-state index is 14.7. The molecular weight excluding hydrogens is 452 g/mol. The lowest BCUT2D eigenvalue weighted by atomic mass is 9.99. The number of hydrogen-bond donors (Lipinski definition) is 0. The Morgan fingerprint density at radius 1 is 0.629 bits per heavy atom. The number of hydrogen-bond acceptors (Lipinski definition) is 1. The molecule has 4 aromatic carbocycles. The van der Waals surface area contributed by atoms with Crippen LogP contribution < -0.4 is 0 Å². The van der Waals surface area contributed by atoms with Gasteiger partial charge < -0.3 is 4.74 Å². The van der Waals surface area contributed by atoms with E-state index in [1.165, 1.54) is 30.3 Å². The minimum Gasteiger partial charge on any atom is -0.368 e. The Labute approximate surface area is 200 Å². The van der Waals surface area contributed by atoms with Crippen LogP contribution in [0.2, 0.25) is 0 Å². The quantitative estimate of drug-likeness (QED) is 0.156. The maximum atomic E-state index is 14.7. The van der Waals surface area contributed by atoms with Gasteiger partial charge in [-0.15, -0.1) is 0 Å². The van der Waals surface area contributed by atoms with E-state index in [-0.39, 0.29) is 28.4 Å². The summed E-state index contributed by atoms with van der Waals surface area (Å²) in [6.07, 6.45) is 4.41. The van der Waals surface area contributed by atoms with Gasteiger partial charge in [0, 0.05) is 22.3 Å². The smallest absolute Gasteiger partial charge is 0.167 e. The summed E-state index contributed by atoms with van der Waals surface area (Å²) in [6, 6.07) is 19.8. The van der Waals surface area contributed by atoms with Crippen LogP contribution in [0.15, 0.2) is 79.4 Å². The van der Waals surface area contributed by atoms with Crippen LogP contribution in [-0.4, -0.2) is 6.61 Å². The van der Waals surface area contributed by atoms with E-state index in [1.54, 1.807) is 60.7 Å².